The van der Waals surface area contributed by atoms with Crippen molar-refractivity contribution in [3.63, 3.8) is 0 Å². The Morgan fingerprint density at radius 1 is 1.12 bits per heavy atom. The average molecular weight is 361 g/mol. The minimum Gasteiger partial charge on any atom is -0.494 e. The Hall–Kier alpha value is -2.04. The summed E-state index contributed by atoms with van der Waals surface area (Å²) < 4.78 is 5.48. The molecule has 1 amide bonds. The summed E-state index contributed by atoms with van der Waals surface area (Å²) in [6, 6.07) is 15.5. The molecule has 134 valence electrons. The predicted octanol–water partition coefficient (Wildman–Crippen LogP) is 3.70. The van der Waals surface area contributed by atoms with Crippen LogP contribution in [0.1, 0.15) is 24.1 Å². The van der Waals surface area contributed by atoms with Crippen molar-refractivity contribution >= 4 is 17.5 Å². The van der Waals surface area contributed by atoms with E-state index in [4.69, 9.17) is 16.3 Å². The van der Waals surface area contributed by atoms with Gasteiger partial charge in [0.15, 0.2) is 0 Å². The molecule has 0 aliphatic carbocycles. The normalized spacial score (nSPS) is 12.0. The maximum absolute atomic E-state index is 12.2. The first-order valence-corrected chi connectivity index (χ1v) is 8.77. The predicted molar refractivity (Wildman–Crippen MR) is 102 cm³/mol. The van der Waals surface area contributed by atoms with Crippen molar-refractivity contribution in [3.05, 3.63) is 64.7 Å². The average Bonchev–Trinajstić information content (AvgIpc) is 2.58. The van der Waals surface area contributed by atoms with Crippen LogP contribution in [0.3, 0.4) is 0 Å². The van der Waals surface area contributed by atoms with Crippen LogP contribution in [-0.2, 0) is 11.2 Å². The molecule has 4 nitrogen and oxygen atoms in total. The highest BCUT2D eigenvalue weighted by Crippen LogP contribution is 2.21. The molecule has 5 heteroatoms. The molecule has 1 unspecified atom stereocenters. The van der Waals surface area contributed by atoms with Gasteiger partial charge in [0.2, 0.25) is 5.91 Å². The molecule has 0 bridgehead atoms. The lowest BCUT2D eigenvalue weighted by atomic mass is 10.1. The highest BCUT2D eigenvalue weighted by molar-refractivity contribution is 6.30. The van der Waals surface area contributed by atoms with E-state index in [1.54, 1.807) is 12.1 Å². The van der Waals surface area contributed by atoms with Gasteiger partial charge in [-0.1, -0.05) is 35.9 Å². The first kappa shape index (κ1) is 19.3. The number of amides is 1. The van der Waals surface area contributed by atoms with Crippen LogP contribution in [0.15, 0.2) is 48.5 Å². The fraction of sp³-hybridized carbons (Fsp3) is 0.350. The third-order valence-corrected chi connectivity index (χ3v) is 4.22. The number of halogens is 1. The quantitative estimate of drug-likeness (QED) is 0.780. The van der Waals surface area contributed by atoms with E-state index in [1.807, 2.05) is 57.4 Å². The third-order valence-electron chi connectivity index (χ3n) is 3.97. The van der Waals surface area contributed by atoms with E-state index in [9.17, 15) is 4.79 Å². The second-order valence-electron chi connectivity index (χ2n) is 6.09. The Bertz CT molecular complexity index is 669. The second kappa shape index (κ2) is 9.44. The van der Waals surface area contributed by atoms with Gasteiger partial charge in [-0.05, 0) is 56.4 Å². The van der Waals surface area contributed by atoms with Crippen LogP contribution >= 0.6 is 11.6 Å². The van der Waals surface area contributed by atoms with Gasteiger partial charge in [0.1, 0.15) is 5.75 Å². The maximum atomic E-state index is 12.2. The van der Waals surface area contributed by atoms with E-state index in [0.29, 0.717) is 24.6 Å². The number of ether oxygens (including phenoxy) is 1. The Kier molecular flexibility index (Phi) is 7.29. The fourth-order valence-electron chi connectivity index (χ4n) is 2.61. The van der Waals surface area contributed by atoms with Crippen LogP contribution in [0.4, 0.5) is 0 Å². The fourth-order valence-corrected chi connectivity index (χ4v) is 2.74. The maximum Gasteiger partial charge on any atom is 0.224 e. The first-order valence-electron chi connectivity index (χ1n) is 8.40. The molecule has 1 N–H and O–H groups in total. The molecule has 0 spiro atoms. The molecular formula is C20H25ClN2O2. The zero-order valence-corrected chi connectivity index (χ0v) is 15.7. The van der Waals surface area contributed by atoms with Gasteiger partial charge < -0.3 is 15.0 Å². The minimum absolute atomic E-state index is 0.000101. The Morgan fingerprint density at radius 2 is 1.76 bits per heavy atom. The van der Waals surface area contributed by atoms with Crippen LogP contribution in [0.5, 0.6) is 5.75 Å². The molecule has 2 aromatic carbocycles. The zero-order valence-electron chi connectivity index (χ0n) is 15.0. The number of hydrogen-bond acceptors (Lipinski definition) is 3. The third kappa shape index (κ3) is 6.07. The minimum atomic E-state index is 0.000101. The van der Waals surface area contributed by atoms with Crippen molar-refractivity contribution in [2.24, 2.45) is 0 Å². The van der Waals surface area contributed by atoms with Gasteiger partial charge in [0.05, 0.1) is 19.1 Å². The molecule has 0 saturated heterocycles. The number of likely N-dealkylation sites (N-methyl/N-ethyl adjacent to an activating group) is 1. The molecule has 0 saturated carbocycles. The van der Waals surface area contributed by atoms with Crippen LogP contribution < -0.4 is 10.1 Å². The summed E-state index contributed by atoms with van der Waals surface area (Å²) in [5.41, 5.74) is 2.09. The van der Waals surface area contributed by atoms with Crippen LogP contribution in [0.2, 0.25) is 5.02 Å². The smallest absolute Gasteiger partial charge is 0.224 e. The molecule has 2 rings (SSSR count). The zero-order chi connectivity index (χ0) is 18.2. The molecule has 0 aliphatic rings. The number of nitrogens with zero attached hydrogens (tertiary/aromatic N) is 1. The molecule has 2 aromatic rings. The molecule has 0 radical (unpaired) electrons. The summed E-state index contributed by atoms with van der Waals surface area (Å²) in [5, 5.41) is 3.69. The SMILES string of the molecule is CCOc1ccc(C(CNC(=O)Cc2ccc(Cl)cc2)N(C)C)cc1. The molecule has 0 fully saturated rings. The summed E-state index contributed by atoms with van der Waals surface area (Å²) in [4.78, 5) is 14.3. The Morgan fingerprint density at radius 3 is 2.32 bits per heavy atom. The van der Waals surface area contributed by atoms with Crippen LogP contribution in [0, 0.1) is 0 Å². The molecule has 25 heavy (non-hydrogen) atoms. The van der Waals surface area contributed by atoms with Crippen molar-refractivity contribution < 1.29 is 9.53 Å². The number of nitrogens with one attached hydrogen (secondary N) is 1. The number of benzene rings is 2. The number of hydrogen-bond donors (Lipinski definition) is 1. The standard InChI is InChI=1S/C20H25ClN2O2/c1-4-25-18-11-7-16(8-12-18)19(23(2)3)14-22-20(24)13-15-5-9-17(21)10-6-15/h5-12,19H,4,13-14H2,1-3H3,(H,22,24). The van der Waals surface area contributed by atoms with Crippen molar-refractivity contribution in [1.82, 2.24) is 10.2 Å². The van der Waals surface area contributed by atoms with E-state index in [0.717, 1.165) is 16.9 Å². The lowest BCUT2D eigenvalue weighted by molar-refractivity contribution is -0.120. The molecular weight excluding hydrogens is 336 g/mol. The van der Waals surface area contributed by atoms with Gasteiger partial charge in [0, 0.05) is 11.6 Å². The van der Waals surface area contributed by atoms with Crippen molar-refractivity contribution in [1.29, 1.82) is 0 Å². The highest BCUT2D eigenvalue weighted by atomic mass is 35.5. The van der Waals surface area contributed by atoms with Gasteiger partial charge in [-0.15, -0.1) is 0 Å². The summed E-state index contributed by atoms with van der Waals surface area (Å²) in [6.45, 7) is 3.16. The lowest BCUT2D eigenvalue weighted by Gasteiger charge is -2.25. The first-order chi connectivity index (χ1) is 12.0. The molecule has 0 heterocycles. The van der Waals surface area contributed by atoms with Crippen molar-refractivity contribution in [3.8, 4) is 5.75 Å². The van der Waals surface area contributed by atoms with E-state index < -0.39 is 0 Å². The summed E-state index contributed by atoms with van der Waals surface area (Å²) in [6.07, 6.45) is 0.348. The second-order valence-corrected chi connectivity index (χ2v) is 6.53. The van der Waals surface area contributed by atoms with E-state index in [2.05, 4.69) is 10.2 Å². The molecule has 1 atom stereocenters. The van der Waals surface area contributed by atoms with E-state index >= 15 is 0 Å². The Labute approximate surface area is 154 Å². The van der Waals surface area contributed by atoms with Gasteiger partial charge in [0.25, 0.3) is 0 Å². The van der Waals surface area contributed by atoms with E-state index in [-0.39, 0.29) is 11.9 Å². The summed E-state index contributed by atoms with van der Waals surface area (Å²) in [5.74, 6) is 0.857. The van der Waals surface area contributed by atoms with Gasteiger partial charge in [-0.3, -0.25) is 4.79 Å². The van der Waals surface area contributed by atoms with Gasteiger partial charge >= 0.3 is 0 Å². The monoisotopic (exact) mass is 360 g/mol. The van der Waals surface area contributed by atoms with Gasteiger partial charge in [-0.25, -0.2) is 0 Å². The largest absolute Gasteiger partial charge is 0.494 e. The number of carbonyl (C=O) groups excluding carboxylic acids is 1. The van der Waals surface area contributed by atoms with Crippen molar-refractivity contribution in [2.75, 3.05) is 27.2 Å². The lowest BCUT2D eigenvalue weighted by Crippen LogP contribution is -2.35. The summed E-state index contributed by atoms with van der Waals surface area (Å²) in [7, 11) is 4.01. The topological polar surface area (TPSA) is 41.6 Å². The molecule has 0 aromatic heterocycles. The number of carbonyl (C=O) groups is 1. The van der Waals surface area contributed by atoms with E-state index in [1.165, 1.54) is 0 Å². The Balaban J connectivity index is 1.94. The number of rotatable bonds is 8. The molecule has 0 aliphatic heterocycles. The summed E-state index contributed by atoms with van der Waals surface area (Å²) >= 11 is 5.87. The van der Waals surface area contributed by atoms with Crippen LogP contribution in [-0.4, -0.2) is 38.1 Å². The van der Waals surface area contributed by atoms with Gasteiger partial charge in [-0.2, -0.15) is 0 Å². The van der Waals surface area contributed by atoms with Crippen LogP contribution in [0.25, 0.3) is 0 Å². The van der Waals surface area contributed by atoms with Crippen molar-refractivity contribution in [2.45, 2.75) is 19.4 Å². The highest BCUT2D eigenvalue weighted by Gasteiger charge is 2.15.